The lowest BCUT2D eigenvalue weighted by molar-refractivity contribution is 1.18. The van der Waals surface area contributed by atoms with Crippen molar-refractivity contribution >= 4 is 131 Å². The summed E-state index contributed by atoms with van der Waals surface area (Å²) in [4.78, 5) is 5.00. The minimum absolute atomic E-state index is 1.05. The molecule has 4 heteroatoms. The Balaban J connectivity index is 1.07. The second-order valence-electron chi connectivity index (χ2n) is 19.2. The topological polar surface area (TPSA) is 11.4 Å². The van der Waals surface area contributed by atoms with Gasteiger partial charge in [-0.25, -0.2) is 0 Å². The molecule has 13 aromatic carbocycles. The number of aromatic nitrogens is 1. The molecule has 0 aliphatic rings. The highest BCUT2D eigenvalue weighted by atomic mass is 32.1. The van der Waals surface area contributed by atoms with Gasteiger partial charge >= 0.3 is 0 Å². The average Bonchev–Trinajstić information content (AvgIpc) is 4.06. The largest absolute Gasteiger partial charge is 0.309 e. The van der Waals surface area contributed by atoms with E-state index in [4.69, 9.17) is 0 Å². The zero-order chi connectivity index (χ0) is 48.7. The molecule has 3 nitrogen and oxygen atoms in total. The standard InChI is InChI=1S/C70H45N3S/c1-2-26-52(27-3-1)71-66-41-40-60-59-32-12-13-37-68(59)74-70(60)69(66)61-39-38-50(44-67(61)71)51-42-53(72(62-33-14-22-46-18-4-8-28-55(46)62)63-34-15-23-47-19-5-9-29-56(47)63)45-54(43-51)73(64-35-16-24-48-20-6-10-30-57(48)64)65-36-17-25-49-21-7-11-31-58(49)65/h1-45H. The van der Waals surface area contributed by atoms with E-state index in [1.165, 1.54) is 85.1 Å². The van der Waals surface area contributed by atoms with Crippen molar-refractivity contribution in [1.29, 1.82) is 0 Å². The van der Waals surface area contributed by atoms with Crippen LogP contribution in [0.25, 0.3) is 102 Å². The Hall–Kier alpha value is -9.48. The first kappa shape index (κ1) is 42.2. The van der Waals surface area contributed by atoms with Crippen molar-refractivity contribution in [2.75, 3.05) is 9.80 Å². The van der Waals surface area contributed by atoms with E-state index in [9.17, 15) is 0 Å². The summed E-state index contributed by atoms with van der Waals surface area (Å²) in [6.07, 6.45) is 0. The summed E-state index contributed by atoms with van der Waals surface area (Å²) < 4.78 is 5.10. The van der Waals surface area contributed by atoms with Crippen LogP contribution in [0.3, 0.4) is 0 Å². The maximum atomic E-state index is 2.50. The monoisotopic (exact) mass is 959 g/mol. The number of hydrogen-bond acceptors (Lipinski definition) is 3. The van der Waals surface area contributed by atoms with Gasteiger partial charge in [0, 0.05) is 69.6 Å². The van der Waals surface area contributed by atoms with Crippen LogP contribution < -0.4 is 9.80 Å². The van der Waals surface area contributed by atoms with Crippen molar-refractivity contribution in [3.63, 3.8) is 0 Å². The maximum Gasteiger partial charge on any atom is 0.0555 e. The van der Waals surface area contributed by atoms with Gasteiger partial charge in [0.1, 0.15) is 0 Å². The number of para-hydroxylation sites is 1. The molecule has 0 aliphatic carbocycles. The van der Waals surface area contributed by atoms with Gasteiger partial charge in [0.05, 0.1) is 33.8 Å². The third-order valence-electron chi connectivity index (χ3n) is 15.1. The van der Waals surface area contributed by atoms with Gasteiger partial charge < -0.3 is 14.4 Å². The molecule has 0 N–H and O–H groups in total. The van der Waals surface area contributed by atoms with E-state index in [0.717, 1.165) is 50.9 Å². The molecule has 0 atom stereocenters. The molecule has 0 fully saturated rings. The first-order valence-electron chi connectivity index (χ1n) is 25.3. The molecule has 0 bridgehead atoms. The smallest absolute Gasteiger partial charge is 0.0555 e. The lowest BCUT2D eigenvalue weighted by atomic mass is 9.98. The third kappa shape index (κ3) is 6.73. The summed E-state index contributed by atoms with van der Waals surface area (Å²) in [5.74, 6) is 0. The number of thiophene rings is 1. The number of benzene rings is 13. The van der Waals surface area contributed by atoms with E-state index < -0.39 is 0 Å². The minimum atomic E-state index is 1.05. The van der Waals surface area contributed by atoms with Crippen molar-refractivity contribution in [2.45, 2.75) is 0 Å². The summed E-state index contributed by atoms with van der Waals surface area (Å²) in [5, 5.41) is 14.6. The Labute approximate surface area is 432 Å². The minimum Gasteiger partial charge on any atom is -0.309 e. The predicted molar refractivity (Wildman–Crippen MR) is 318 cm³/mol. The fraction of sp³-hybridized carbons (Fsp3) is 0. The van der Waals surface area contributed by atoms with Crippen LogP contribution in [0.5, 0.6) is 0 Å². The summed E-state index contributed by atoms with van der Waals surface area (Å²) in [6.45, 7) is 0. The van der Waals surface area contributed by atoms with E-state index in [-0.39, 0.29) is 0 Å². The van der Waals surface area contributed by atoms with Gasteiger partial charge in [-0.2, -0.15) is 0 Å². The number of fused-ring (bicyclic) bond motifs is 11. The van der Waals surface area contributed by atoms with E-state index >= 15 is 0 Å². The van der Waals surface area contributed by atoms with Crippen molar-refractivity contribution in [3.8, 4) is 16.8 Å². The maximum absolute atomic E-state index is 2.50. The van der Waals surface area contributed by atoms with E-state index in [2.05, 4.69) is 287 Å². The first-order chi connectivity index (χ1) is 36.7. The summed E-state index contributed by atoms with van der Waals surface area (Å²) in [5.41, 5.74) is 12.3. The van der Waals surface area contributed by atoms with Gasteiger partial charge in [-0.3, -0.25) is 0 Å². The summed E-state index contributed by atoms with van der Waals surface area (Å²) in [7, 11) is 0. The summed E-state index contributed by atoms with van der Waals surface area (Å²) in [6, 6.07) is 101. The first-order valence-corrected chi connectivity index (χ1v) is 26.1. The van der Waals surface area contributed by atoms with Crippen molar-refractivity contribution in [2.24, 2.45) is 0 Å². The van der Waals surface area contributed by atoms with Crippen LogP contribution in [-0.2, 0) is 0 Å². The van der Waals surface area contributed by atoms with Crippen LogP contribution in [0.2, 0.25) is 0 Å². The molecule has 15 aromatic rings. The summed E-state index contributed by atoms with van der Waals surface area (Å²) >= 11 is 1.90. The highest BCUT2D eigenvalue weighted by molar-refractivity contribution is 7.26. The quantitative estimate of drug-likeness (QED) is 0.150. The molecular formula is C70H45N3S. The van der Waals surface area contributed by atoms with Crippen molar-refractivity contribution in [1.82, 2.24) is 4.57 Å². The fourth-order valence-electron chi connectivity index (χ4n) is 11.8. The van der Waals surface area contributed by atoms with Crippen LogP contribution in [0.15, 0.2) is 273 Å². The van der Waals surface area contributed by atoms with Crippen LogP contribution in [0, 0.1) is 0 Å². The zero-order valence-electron chi connectivity index (χ0n) is 40.2. The second-order valence-corrected chi connectivity index (χ2v) is 20.3. The second kappa shape index (κ2) is 17.1. The molecular weight excluding hydrogens is 915 g/mol. The normalized spacial score (nSPS) is 11.8. The van der Waals surface area contributed by atoms with Gasteiger partial charge in [-0.1, -0.05) is 200 Å². The highest BCUT2D eigenvalue weighted by Gasteiger charge is 2.25. The Morgan fingerprint density at radius 3 is 1.23 bits per heavy atom. The molecule has 0 aliphatic heterocycles. The van der Waals surface area contributed by atoms with E-state index in [1.54, 1.807) is 0 Å². The SMILES string of the molecule is c1ccc(-n2c3cc(-c4cc(N(c5cccc6ccccc56)c5cccc6ccccc56)cc(N(c5cccc6ccccc56)c5cccc6ccccc56)c4)ccc3c3c4sc5ccccc5c4ccc32)cc1. The van der Waals surface area contributed by atoms with Crippen molar-refractivity contribution < 1.29 is 0 Å². The average molecular weight is 960 g/mol. The molecule has 74 heavy (non-hydrogen) atoms. The fourth-order valence-corrected chi connectivity index (χ4v) is 13.0. The predicted octanol–water partition coefficient (Wildman–Crippen LogP) is 20.4. The molecule has 0 amide bonds. The van der Waals surface area contributed by atoms with Gasteiger partial charge in [0.15, 0.2) is 0 Å². The molecule has 0 saturated heterocycles. The molecule has 15 rings (SSSR count). The number of hydrogen-bond donors (Lipinski definition) is 0. The number of anilines is 6. The lowest BCUT2D eigenvalue weighted by Gasteiger charge is -2.32. The Kier molecular flexibility index (Phi) is 9.75. The van der Waals surface area contributed by atoms with E-state index in [1.807, 2.05) is 11.3 Å². The molecule has 0 unspecified atom stereocenters. The molecule has 0 saturated carbocycles. The third-order valence-corrected chi connectivity index (χ3v) is 16.3. The Bertz CT molecular complexity index is 4340. The van der Waals surface area contributed by atoms with Gasteiger partial charge in [-0.05, 0) is 105 Å². The molecule has 0 spiro atoms. The van der Waals surface area contributed by atoms with Crippen LogP contribution in [0.4, 0.5) is 34.1 Å². The Morgan fingerprint density at radius 1 is 0.284 bits per heavy atom. The highest BCUT2D eigenvalue weighted by Crippen LogP contribution is 2.50. The van der Waals surface area contributed by atoms with Gasteiger partial charge in [0.2, 0.25) is 0 Å². The zero-order valence-corrected chi connectivity index (χ0v) is 41.0. The van der Waals surface area contributed by atoms with Crippen LogP contribution in [-0.4, -0.2) is 4.57 Å². The van der Waals surface area contributed by atoms with Gasteiger partial charge in [0.25, 0.3) is 0 Å². The molecule has 2 heterocycles. The lowest BCUT2D eigenvalue weighted by Crippen LogP contribution is -2.14. The number of rotatable bonds is 8. The van der Waals surface area contributed by atoms with Crippen LogP contribution >= 0.6 is 11.3 Å². The molecule has 0 radical (unpaired) electrons. The molecule has 2 aromatic heterocycles. The van der Waals surface area contributed by atoms with Crippen molar-refractivity contribution in [3.05, 3.63) is 273 Å². The Morgan fingerprint density at radius 2 is 0.716 bits per heavy atom. The van der Waals surface area contributed by atoms with E-state index in [0.29, 0.717) is 0 Å². The van der Waals surface area contributed by atoms with Gasteiger partial charge in [-0.15, -0.1) is 11.3 Å². The number of nitrogens with zero attached hydrogens (tertiary/aromatic N) is 3. The van der Waals surface area contributed by atoms with Crippen LogP contribution in [0.1, 0.15) is 0 Å². The molecule has 346 valence electrons.